The minimum absolute atomic E-state index is 0.194. The quantitative estimate of drug-likeness (QED) is 0.700. The minimum atomic E-state index is -0.194. The number of aryl methyl sites for hydroxylation is 1. The molecule has 1 aliphatic rings. The first-order valence-corrected chi connectivity index (χ1v) is 5.81. The van der Waals surface area contributed by atoms with E-state index in [-0.39, 0.29) is 5.82 Å². The second-order valence-corrected chi connectivity index (χ2v) is 4.28. The molecule has 0 aliphatic carbocycles. The summed E-state index contributed by atoms with van der Waals surface area (Å²) in [6.45, 7) is 3.86. The molecule has 1 aromatic rings. The summed E-state index contributed by atoms with van der Waals surface area (Å²) >= 11 is 0. The number of hydrogen-bond acceptors (Lipinski definition) is 2. The van der Waals surface area contributed by atoms with Crippen LogP contribution in [0.4, 0.5) is 4.39 Å². The normalized spacial score (nSPS) is 17.0. The molecule has 1 aromatic carbocycles. The Labute approximate surface area is 95.8 Å². The lowest BCUT2D eigenvalue weighted by atomic mass is 10.1. The zero-order chi connectivity index (χ0) is 11.4. The highest BCUT2D eigenvalue weighted by Gasteiger charge is 2.06. The van der Waals surface area contributed by atoms with Crippen LogP contribution >= 0.6 is 0 Å². The lowest BCUT2D eigenvalue weighted by Gasteiger charge is -2.23. The third kappa shape index (κ3) is 2.81. The van der Waals surface area contributed by atoms with Crippen LogP contribution in [-0.2, 0) is 0 Å². The molecule has 0 unspecified atom stereocenters. The summed E-state index contributed by atoms with van der Waals surface area (Å²) < 4.78 is 13.5. The van der Waals surface area contributed by atoms with E-state index in [4.69, 9.17) is 0 Å². The van der Waals surface area contributed by atoms with E-state index in [1.807, 2.05) is 18.0 Å². The summed E-state index contributed by atoms with van der Waals surface area (Å²) in [6, 6.07) is 5.22. The Kier molecular flexibility index (Phi) is 3.54. The minimum Gasteiger partial charge on any atom is -0.297 e. The summed E-state index contributed by atoms with van der Waals surface area (Å²) in [7, 11) is 0. The van der Waals surface area contributed by atoms with Gasteiger partial charge in [0.05, 0.1) is 6.21 Å². The van der Waals surface area contributed by atoms with Crippen molar-refractivity contribution in [3.63, 3.8) is 0 Å². The summed E-state index contributed by atoms with van der Waals surface area (Å²) in [4.78, 5) is 0. The molecule has 1 aliphatic heterocycles. The van der Waals surface area contributed by atoms with Crippen LogP contribution in [0, 0.1) is 12.7 Å². The van der Waals surface area contributed by atoms with Gasteiger partial charge in [0.2, 0.25) is 0 Å². The SMILES string of the molecule is Cc1ccc(C=NN2CCCCC2)c(F)c1. The van der Waals surface area contributed by atoms with Crippen molar-refractivity contribution in [2.45, 2.75) is 26.2 Å². The van der Waals surface area contributed by atoms with Crippen LogP contribution in [0.1, 0.15) is 30.4 Å². The van der Waals surface area contributed by atoms with Gasteiger partial charge in [-0.3, -0.25) is 5.01 Å². The Balaban J connectivity index is 2.04. The molecule has 16 heavy (non-hydrogen) atoms. The maximum Gasteiger partial charge on any atom is 0.132 e. The summed E-state index contributed by atoms with van der Waals surface area (Å²) in [5.41, 5.74) is 1.50. The van der Waals surface area contributed by atoms with E-state index in [2.05, 4.69) is 5.10 Å². The highest BCUT2D eigenvalue weighted by Crippen LogP contribution is 2.10. The smallest absolute Gasteiger partial charge is 0.132 e. The molecule has 0 aromatic heterocycles. The Morgan fingerprint density at radius 2 is 2.00 bits per heavy atom. The van der Waals surface area contributed by atoms with E-state index in [9.17, 15) is 4.39 Å². The number of piperidine rings is 1. The molecule has 2 nitrogen and oxygen atoms in total. The first kappa shape index (κ1) is 11.1. The second-order valence-electron chi connectivity index (χ2n) is 4.28. The van der Waals surface area contributed by atoms with Gasteiger partial charge in [-0.2, -0.15) is 5.10 Å². The Hall–Kier alpha value is -1.38. The van der Waals surface area contributed by atoms with Gasteiger partial charge in [-0.1, -0.05) is 12.1 Å². The van der Waals surface area contributed by atoms with Crippen molar-refractivity contribution in [1.29, 1.82) is 0 Å². The van der Waals surface area contributed by atoms with Crippen LogP contribution in [0.5, 0.6) is 0 Å². The number of halogens is 1. The van der Waals surface area contributed by atoms with Crippen LogP contribution in [-0.4, -0.2) is 24.3 Å². The number of benzene rings is 1. The second kappa shape index (κ2) is 5.10. The molecule has 2 rings (SSSR count). The van der Waals surface area contributed by atoms with Crippen molar-refractivity contribution in [3.05, 3.63) is 35.1 Å². The lowest BCUT2D eigenvalue weighted by molar-refractivity contribution is 0.240. The first-order chi connectivity index (χ1) is 7.75. The van der Waals surface area contributed by atoms with Gasteiger partial charge in [-0.15, -0.1) is 0 Å². The fourth-order valence-electron chi connectivity index (χ4n) is 1.87. The molecule has 0 bridgehead atoms. The first-order valence-electron chi connectivity index (χ1n) is 5.81. The third-order valence-corrected chi connectivity index (χ3v) is 2.85. The van der Waals surface area contributed by atoms with E-state index >= 15 is 0 Å². The molecule has 0 saturated carbocycles. The average molecular weight is 220 g/mol. The van der Waals surface area contributed by atoms with Crippen LogP contribution in [0.2, 0.25) is 0 Å². The molecular weight excluding hydrogens is 203 g/mol. The van der Waals surface area contributed by atoms with Crippen molar-refractivity contribution < 1.29 is 4.39 Å². The zero-order valence-corrected chi connectivity index (χ0v) is 9.62. The highest BCUT2D eigenvalue weighted by molar-refractivity contribution is 5.79. The summed E-state index contributed by atoms with van der Waals surface area (Å²) in [5.74, 6) is -0.194. The van der Waals surface area contributed by atoms with Gasteiger partial charge >= 0.3 is 0 Å². The predicted molar refractivity (Wildman–Crippen MR) is 64.2 cm³/mol. The van der Waals surface area contributed by atoms with Gasteiger partial charge in [0, 0.05) is 18.7 Å². The molecule has 0 spiro atoms. The zero-order valence-electron chi connectivity index (χ0n) is 9.62. The maximum absolute atomic E-state index is 13.5. The standard InChI is InChI=1S/C13H17FN2/c1-11-5-6-12(13(14)9-11)10-15-16-7-3-2-4-8-16/h5-6,9-10H,2-4,7-8H2,1H3. The van der Waals surface area contributed by atoms with Crippen LogP contribution < -0.4 is 0 Å². The predicted octanol–water partition coefficient (Wildman–Crippen LogP) is 2.95. The molecule has 86 valence electrons. The number of nitrogens with zero attached hydrogens (tertiary/aromatic N) is 2. The Morgan fingerprint density at radius 1 is 1.25 bits per heavy atom. The van der Waals surface area contributed by atoms with E-state index in [0.717, 1.165) is 18.7 Å². The Morgan fingerprint density at radius 3 is 2.69 bits per heavy atom. The molecule has 1 heterocycles. The monoisotopic (exact) mass is 220 g/mol. The van der Waals surface area contributed by atoms with Crippen molar-refractivity contribution in [2.75, 3.05) is 13.1 Å². The van der Waals surface area contributed by atoms with Gasteiger partial charge in [-0.25, -0.2) is 4.39 Å². The molecule has 1 fully saturated rings. The van der Waals surface area contributed by atoms with Crippen molar-refractivity contribution in [1.82, 2.24) is 5.01 Å². The molecule has 1 saturated heterocycles. The van der Waals surface area contributed by atoms with Crippen LogP contribution in [0.25, 0.3) is 0 Å². The van der Waals surface area contributed by atoms with E-state index in [1.54, 1.807) is 12.3 Å². The van der Waals surface area contributed by atoms with Gasteiger partial charge in [0.25, 0.3) is 0 Å². The third-order valence-electron chi connectivity index (χ3n) is 2.85. The van der Waals surface area contributed by atoms with Gasteiger partial charge in [0.15, 0.2) is 0 Å². The fraction of sp³-hybridized carbons (Fsp3) is 0.462. The lowest BCUT2D eigenvalue weighted by Crippen LogP contribution is -2.24. The average Bonchev–Trinajstić information content (AvgIpc) is 2.29. The van der Waals surface area contributed by atoms with Crippen molar-refractivity contribution >= 4 is 6.21 Å². The van der Waals surface area contributed by atoms with E-state index < -0.39 is 0 Å². The van der Waals surface area contributed by atoms with Gasteiger partial charge in [0.1, 0.15) is 5.82 Å². The van der Waals surface area contributed by atoms with Gasteiger partial charge < -0.3 is 0 Å². The summed E-state index contributed by atoms with van der Waals surface area (Å²) in [5, 5.41) is 6.33. The van der Waals surface area contributed by atoms with E-state index in [1.165, 1.54) is 25.3 Å². The largest absolute Gasteiger partial charge is 0.297 e. The highest BCUT2D eigenvalue weighted by atomic mass is 19.1. The molecule has 0 N–H and O–H groups in total. The van der Waals surface area contributed by atoms with Gasteiger partial charge in [-0.05, 0) is 37.8 Å². The molecular formula is C13H17FN2. The van der Waals surface area contributed by atoms with Crippen molar-refractivity contribution in [3.8, 4) is 0 Å². The number of rotatable bonds is 2. The Bertz CT molecular complexity index is 382. The van der Waals surface area contributed by atoms with Crippen LogP contribution in [0.3, 0.4) is 0 Å². The van der Waals surface area contributed by atoms with E-state index in [0.29, 0.717) is 5.56 Å². The topological polar surface area (TPSA) is 15.6 Å². The molecule has 0 amide bonds. The molecule has 0 atom stereocenters. The molecule has 0 radical (unpaired) electrons. The van der Waals surface area contributed by atoms with Crippen LogP contribution in [0.15, 0.2) is 23.3 Å². The molecule has 3 heteroatoms. The van der Waals surface area contributed by atoms with Crippen molar-refractivity contribution in [2.24, 2.45) is 5.10 Å². The number of hydrazone groups is 1. The summed E-state index contributed by atoms with van der Waals surface area (Å²) in [6.07, 6.45) is 5.28. The number of hydrogen-bond donors (Lipinski definition) is 0. The fourth-order valence-corrected chi connectivity index (χ4v) is 1.87. The maximum atomic E-state index is 13.5.